The van der Waals surface area contributed by atoms with Gasteiger partial charge in [-0.15, -0.1) is 0 Å². The van der Waals surface area contributed by atoms with Crippen molar-refractivity contribution in [1.82, 2.24) is 0 Å². The molecule has 0 atom stereocenters. The van der Waals surface area contributed by atoms with Crippen molar-refractivity contribution >= 4 is 21.7 Å². The van der Waals surface area contributed by atoms with Crippen molar-refractivity contribution in [2.75, 3.05) is 11.3 Å². The molecule has 7 heteroatoms. The average molecular weight is 372 g/mol. The van der Waals surface area contributed by atoms with Crippen LogP contribution in [0.15, 0.2) is 53.4 Å². The number of hydrogen-bond donors (Lipinski definition) is 1. The molecule has 0 aliphatic rings. The van der Waals surface area contributed by atoms with Crippen molar-refractivity contribution in [2.45, 2.75) is 31.1 Å². The van der Waals surface area contributed by atoms with Crippen LogP contribution in [0.25, 0.3) is 0 Å². The average Bonchev–Trinajstić information content (AvgIpc) is 2.65. The van der Waals surface area contributed by atoms with Crippen molar-refractivity contribution in [3.05, 3.63) is 59.7 Å². The van der Waals surface area contributed by atoms with E-state index in [1.54, 1.807) is 18.2 Å². The smallest absolute Gasteiger partial charge is 0.339 e. The zero-order valence-corrected chi connectivity index (χ0v) is 15.3. The molecule has 0 saturated carbocycles. The number of anilines is 1. The summed E-state index contributed by atoms with van der Waals surface area (Å²) in [5, 5.41) is 8.44. The van der Waals surface area contributed by atoms with E-state index in [4.69, 9.17) is 10.00 Å². The van der Waals surface area contributed by atoms with Gasteiger partial charge in [-0.1, -0.05) is 31.5 Å². The minimum absolute atomic E-state index is 0.0565. The number of nitrogens with one attached hydrogen (secondary N) is 1. The van der Waals surface area contributed by atoms with Gasteiger partial charge in [-0.3, -0.25) is 4.72 Å². The number of benzene rings is 2. The Hall–Kier alpha value is -2.85. The first-order valence-electron chi connectivity index (χ1n) is 8.22. The molecule has 0 aromatic heterocycles. The first-order chi connectivity index (χ1) is 12.5. The number of nitriles is 1. The van der Waals surface area contributed by atoms with Crippen molar-refractivity contribution in [2.24, 2.45) is 0 Å². The second-order valence-electron chi connectivity index (χ2n) is 5.67. The maximum atomic E-state index is 12.5. The largest absolute Gasteiger partial charge is 0.447 e. The second-order valence-corrected chi connectivity index (χ2v) is 7.35. The van der Waals surface area contributed by atoms with Crippen LogP contribution >= 0.6 is 0 Å². The summed E-state index contributed by atoms with van der Waals surface area (Å²) in [5.41, 5.74) is 1.66. The van der Waals surface area contributed by atoms with E-state index >= 15 is 0 Å². The third-order valence-corrected chi connectivity index (χ3v) is 5.05. The number of unbranched alkanes of at least 4 members (excludes halogenated alkanes) is 1. The topological polar surface area (TPSA) is 96.3 Å². The summed E-state index contributed by atoms with van der Waals surface area (Å²) in [7, 11) is -3.84. The maximum Gasteiger partial charge on any atom is 0.339 e. The molecule has 2 aromatic carbocycles. The summed E-state index contributed by atoms with van der Waals surface area (Å²) in [6.45, 7) is 1.73. The zero-order valence-electron chi connectivity index (χ0n) is 14.4. The molecular formula is C19H20N2O4S. The number of esters is 1. The first kappa shape index (κ1) is 19.5. The number of ether oxygens (including phenoxy) is 1. The fourth-order valence-corrected chi connectivity index (χ4v) is 3.41. The fraction of sp³-hybridized carbons (Fsp3) is 0.263. The molecule has 0 heterocycles. The van der Waals surface area contributed by atoms with Crippen LogP contribution in [0.5, 0.6) is 0 Å². The quantitative estimate of drug-likeness (QED) is 0.715. The Kier molecular flexibility index (Phi) is 6.75. The Bertz CT molecular complexity index is 900. The van der Waals surface area contributed by atoms with Gasteiger partial charge in [-0.25, -0.2) is 13.2 Å². The lowest BCUT2D eigenvalue weighted by molar-refractivity contribution is 0.0554. The van der Waals surface area contributed by atoms with Gasteiger partial charge in [0.25, 0.3) is 10.0 Å². The monoisotopic (exact) mass is 372 g/mol. The second kappa shape index (κ2) is 9.02. The number of carbonyl (C=O) groups is 1. The minimum atomic E-state index is -3.84. The van der Waals surface area contributed by atoms with Gasteiger partial charge in [0, 0.05) is 5.69 Å². The van der Waals surface area contributed by atoms with E-state index in [9.17, 15) is 13.2 Å². The highest BCUT2D eigenvalue weighted by molar-refractivity contribution is 7.92. The van der Waals surface area contributed by atoms with Gasteiger partial charge in [0.05, 0.1) is 10.5 Å². The third-order valence-electron chi connectivity index (χ3n) is 3.67. The van der Waals surface area contributed by atoms with E-state index in [2.05, 4.69) is 11.6 Å². The summed E-state index contributed by atoms with van der Waals surface area (Å²) in [6.07, 6.45) is 3.14. The van der Waals surface area contributed by atoms with E-state index in [-0.39, 0.29) is 10.5 Å². The Labute approximate surface area is 153 Å². The predicted molar refractivity (Wildman–Crippen MR) is 98.2 cm³/mol. The Morgan fingerprint density at radius 1 is 1.19 bits per heavy atom. The lowest BCUT2D eigenvalue weighted by Gasteiger charge is -2.10. The molecule has 2 rings (SSSR count). The molecule has 1 N–H and O–H groups in total. The highest BCUT2D eigenvalue weighted by Gasteiger charge is 2.17. The number of carbonyl (C=O) groups excluding carboxylic acids is 1. The highest BCUT2D eigenvalue weighted by Crippen LogP contribution is 2.19. The zero-order chi connectivity index (χ0) is 19.0. The minimum Gasteiger partial charge on any atom is -0.447 e. The van der Waals surface area contributed by atoms with E-state index in [1.807, 2.05) is 12.1 Å². The lowest BCUT2D eigenvalue weighted by atomic mass is 10.1. The Morgan fingerprint density at radius 2 is 1.92 bits per heavy atom. The van der Waals surface area contributed by atoms with Crippen molar-refractivity contribution in [3.8, 4) is 6.07 Å². The number of sulfonamides is 1. The molecule has 6 nitrogen and oxygen atoms in total. The first-order valence-corrected chi connectivity index (χ1v) is 9.70. The van der Waals surface area contributed by atoms with Crippen LogP contribution in [-0.4, -0.2) is 21.0 Å². The van der Waals surface area contributed by atoms with Crippen LogP contribution in [0, 0.1) is 11.3 Å². The maximum absolute atomic E-state index is 12.5. The van der Waals surface area contributed by atoms with Crippen molar-refractivity contribution < 1.29 is 17.9 Å². The van der Waals surface area contributed by atoms with Gasteiger partial charge >= 0.3 is 5.97 Å². The van der Waals surface area contributed by atoms with E-state index in [0.717, 1.165) is 24.8 Å². The number of aryl methyl sites for hydroxylation is 1. The summed E-state index contributed by atoms with van der Waals surface area (Å²) in [4.78, 5) is 11.7. The van der Waals surface area contributed by atoms with Gasteiger partial charge < -0.3 is 4.74 Å². The fourth-order valence-electron chi connectivity index (χ4n) is 2.31. The molecular weight excluding hydrogens is 352 g/mol. The summed E-state index contributed by atoms with van der Waals surface area (Å²) in [6, 6.07) is 14.4. The van der Waals surface area contributed by atoms with Gasteiger partial charge in [0.15, 0.2) is 6.61 Å². The molecule has 0 unspecified atom stereocenters. The Balaban J connectivity index is 2.14. The van der Waals surface area contributed by atoms with Crippen LogP contribution in [-0.2, 0) is 21.2 Å². The van der Waals surface area contributed by atoms with Crippen LogP contribution in [0.4, 0.5) is 5.69 Å². The molecule has 0 bridgehead atoms. The molecule has 0 radical (unpaired) electrons. The van der Waals surface area contributed by atoms with Crippen molar-refractivity contribution in [1.29, 1.82) is 5.26 Å². The SMILES string of the molecule is CCCCc1ccc(NS(=O)(=O)c2cccc(C(=O)OCC#N)c2)cc1. The lowest BCUT2D eigenvalue weighted by Crippen LogP contribution is -2.14. The standard InChI is InChI=1S/C19H20N2O4S/c1-2-3-5-15-8-10-17(11-9-15)21-26(23,24)18-7-4-6-16(14-18)19(22)25-13-12-20/h4,6-11,14,21H,2-3,5,13H2,1H3. The predicted octanol–water partition coefficient (Wildman–Crippen LogP) is 3.51. The van der Waals surface area contributed by atoms with E-state index in [0.29, 0.717) is 5.69 Å². The molecule has 0 fully saturated rings. The molecule has 0 saturated heterocycles. The number of rotatable bonds is 8. The molecule has 26 heavy (non-hydrogen) atoms. The normalized spacial score (nSPS) is 10.8. The molecule has 136 valence electrons. The molecule has 2 aromatic rings. The van der Waals surface area contributed by atoms with E-state index < -0.39 is 22.6 Å². The number of hydrogen-bond acceptors (Lipinski definition) is 5. The van der Waals surface area contributed by atoms with Crippen LogP contribution in [0.2, 0.25) is 0 Å². The van der Waals surface area contributed by atoms with Crippen molar-refractivity contribution in [3.63, 3.8) is 0 Å². The van der Waals surface area contributed by atoms with Crippen LogP contribution < -0.4 is 4.72 Å². The third kappa shape index (κ3) is 5.33. The molecule has 0 aliphatic carbocycles. The molecule has 0 aliphatic heterocycles. The Morgan fingerprint density at radius 3 is 2.58 bits per heavy atom. The highest BCUT2D eigenvalue weighted by atomic mass is 32.2. The van der Waals surface area contributed by atoms with Gasteiger partial charge in [-0.2, -0.15) is 5.26 Å². The van der Waals surface area contributed by atoms with Gasteiger partial charge in [0.2, 0.25) is 0 Å². The van der Waals surface area contributed by atoms with E-state index in [1.165, 1.54) is 24.3 Å². The van der Waals surface area contributed by atoms with Gasteiger partial charge in [0.1, 0.15) is 6.07 Å². The van der Waals surface area contributed by atoms with Crippen LogP contribution in [0.1, 0.15) is 35.7 Å². The molecule has 0 spiro atoms. The summed E-state index contributed by atoms with van der Waals surface area (Å²) in [5.74, 6) is -0.746. The summed E-state index contributed by atoms with van der Waals surface area (Å²) < 4.78 is 32.3. The number of nitrogens with zero attached hydrogens (tertiary/aromatic N) is 1. The molecule has 0 amide bonds. The van der Waals surface area contributed by atoms with Gasteiger partial charge in [-0.05, 0) is 48.7 Å². The summed E-state index contributed by atoms with van der Waals surface area (Å²) >= 11 is 0. The van der Waals surface area contributed by atoms with Crippen LogP contribution in [0.3, 0.4) is 0 Å².